The first kappa shape index (κ1) is 13.1. The summed E-state index contributed by atoms with van der Waals surface area (Å²) < 4.78 is 0. The number of hydrogen-bond donors (Lipinski definition) is 2. The van der Waals surface area contributed by atoms with Gasteiger partial charge in [0.15, 0.2) is 0 Å². The van der Waals surface area contributed by atoms with Crippen LogP contribution in [0.2, 0.25) is 0 Å². The molecule has 0 spiro atoms. The minimum atomic E-state index is -0.205. The lowest BCUT2D eigenvalue weighted by Gasteiger charge is -2.27. The van der Waals surface area contributed by atoms with Crippen LogP contribution in [0.4, 0.5) is 0 Å². The summed E-state index contributed by atoms with van der Waals surface area (Å²) in [6, 6.07) is 10.2. The van der Waals surface area contributed by atoms with Gasteiger partial charge < -0.3 is 10.6 Å². The molecule has 18 heavy (non-hydrogen) atoms. The van der Waals surface area contributed by atoms with Crippen molar-refractivity contribution in [3.05, 3.63) is 35.9 Å². The smallest absolute Gasteiger partial charge is 0.228 e. The Morgan fingerprint density at radius 2 is 2.17 bits per heavy atom. The molecule has 1 unspecified atom stereocenters. The number of nitrogens with one attached hydrogen (secondary N) is 2. The average molecular weight is 246 g/mol. The largest absolute Gasteiger partial charge is 0.349 e. The second-order valence-electron chi connectivity index (χ2n) is 5.17. The van der Waals surface area contributed by atoms with E-state index in [9.17, 15) is 4.79 Å². The Kier molecular flexibility index (Phi) is 4.02. The van der Waals surface area contributed by atoms with Gasteiger partial charge in [-0.05, 0) is 31.9 Å². The SMILES string of the molecule is CCC1(C(=O)N[C@H](C)c2ccccc2)CCNC1. The predicted molar refractivity (Wildman–Crippen MR) is 73.2 cm³/mol. The molecule has 1 aliphatic heterocycles. The lowest BCUT2D eigenvalue weighted by Crippen LogP contribution is -2.43. The van der Waals surface area contributed by atoms with Gasteiger partial charge >= 0.3 is 0 Å². The first-order valence-corrected chi connectivity index (χ1v) is 6.74. The summed E-state index contributed by atoms with van der Waals surface area (Å²) in [4.78, 5) is 12.4. The molecular formula is C15H22N2O. The summed E-state index contributed by atoms with van der Waals surface area (Å²) in [7, 11) is 0. The summed E-state index contributed by atoms with van der Waals surface area (Å²) in [5.41, 5.74) is 0.950. The zero-order valence-corrected chi connectivity index (χ0v) is 11.2. The maximum absolute atomic E-state index is 12.4. The lowest BCUT2D eigenvalue weighted by atomic mass is 9.83. The van der Waals surface area contributed by atoms with Gasteiger partial charge in [0.25, 0.3) is 0 Å². The Balaban J connectivity index is 2.03. The molecule has 1 heterocycles. The fourth-order valence-electron chi connectivity index (χ4n) is 2.57. The van der Waals surface area contributed by atoms with E-state index in [1.807, 2.05) is 25.1 Å². The zero-order valence-electron chi connectivity index (χ0n) is 11.2. The molecule has 1 saturated heterocycles. The van der Waals surface area contributed by atoms with Gasteiger partial charge in [-0.1, -0.05) is 37.3 Å². The minimum absolute atomic E-state index is 0.0720. The van der Waals surface area contributed by atoms with Crippen molar-refractivity contribution in [2.45, 2.75) is 32.7 Å². The monoisotopic (exact) mass is 246 g/mol. The standard InChI is InChI=1S/C15H22N2O/c1-3-15(9-10-16-11-15)14(18)17-12(2)13-7-5-4-6-8-13/h4-8,12,16H,3,9-11H2,1-2H3,(H,17,18)/t12-,15?/m1/s1. The van der Waals surface area contributed by atoms with Gasteiger partial charge in [-0.15, -0.1) is 0 Å². The van der Waals surface area contributed by atoms with E-state index in [1.54, 1.807) is 0 Å². The van der Waals surface area contributed by atoms with Gasteiger partial charge in [0.2, 0.25) is 5.91 Å². The van der Waals surface area contributed by atoms with Crippen LogP contribution in [-0.2, 0) is 4.79 Å². The molecule has 0 bridgehead atoms. The lowest BCUT2D eigenvalue weighted by molar-refractivity contribution is -0.131. The van der Waals surface area contributed by atoms with Gasteiger partial charge in [0.05, 0.1) is 11.5 Å². The van der Waals surface area contributed by atoms with Crippen molar-refractivity contribution in [1.82, 2.24) is 10.6 Å². The molecule has 98 valence electrons. The highest BCUT2D eigenvalue weighted by atomic mass is 16.2. The summed E-state index contributed by atoms with van der Waals surface area (Å²) in [5.74, 6) is 0.186. The van der Waals surface area contributed by atoms with Crippen LogP contribution >= 0.6 is 0 Å². The molecule has 0 aromatic heterocycles. The van der Waals surface area contributed by atoms with Crippen molar-refractivity contribution in [3.63, 3.8) is 0 Å². The number of carbonyl (C=O) groups is 1. The maximum atomic E-state index is 12.4. The van der Waals surface area contributed by atoms with E-state index in [0.717, 1.165) is 31.5 Å². The molecule has 3 nitrogen and oxygen atoms in total. The van der Waals surface area contributed by atoms with Gasteiger partial charge in [-0.2, -0.15) is 0 Å². The molecule has 2 atom stereocenters. The minimum Gasteiger partial charge on any atom is -0.349 e. The Bertz CT molecular complexity index is 396. The summed E-state index contributed by atoms with van der Waals surface area (Å²) in [6.07, 6.45) is 1.84. The van der Waals surface area contributed by atoms with E-state index < -0.39 is 0 Å². The normalized spacial score (nSPS) is 24.8. The highest BCUT2D eigenvalue weighted by Gasteiger charge is 2.39. The molecule has 1 fully saturated rings. The van der Waals surface area contributed by atoms with Crippen LogP contribution in [0.5, 0.6) is 0 Å². The fraction of sp³-hybridized carbons (Fsp3) is 0.533. The average Bonchev–Trinajstić information content (AvgIpc) is 2.89. The Labute approximate surface area is 109 Å². The summed E-state index contributed by atoms with van der Waals surface area (Å²) >= 11 is 0. The number of carbonyl (C=O) groups excluding carboxylic acids is 1. The van der Waals surface area contributed by atoms with E-state index in [-0.39, 0.29) is 17.4 Å². The molecule has 1 aromatic rings. The van der Waals surface area contributed by atoms with Crippen LogP contribution in [0, 0.1) is 5.41 Å². The Morgan fingerprint density at radius 1 is 1.44 bits per heavy atom. The van der Waals surface area contributed by atoms with E-state index in [1.165, 1.54) is 0 Å². The van der Waals surface area contributed by atoms with Gasteiger partial charge in [-0.25, -0.2) is 0 Å². The van der Waals surface area contributed by atoms with Crippen molar-refractivity contribution >= 4 is 5.91 Å². The first-order chi connectivity index (χ1) is 8.68. The van der Waals surface area contributed by atoms with Crippen LogP contribution in [0.3, 0.4) is 0 Å². The molecule has 0 saturated carbocycles. The van der Waals surface area contributed by atoms with Crippen molar-refractivity contribution in [2.75, 3.05) is 13.1 Å². The molecule has 1 aliphatic rings. The van der Waals surface area contributed by atoms with Crippen LogP contribution in [0.15, 0.2) is 30.3 Å². The fourth-order valence-corrected chi connectivity index (χ4v) is 2.57. The topological polar surface area (TPSA) is 41.1 Å². The molecule has 3 heteroatoms. The second-order valence-corrected chi connectivity index (χ2v) is 5.17. The summed E-state index contributed by atoms with van der Waals surface area (Å²) in [6.45, 7) is 5.89. The van der Waals surface area contributed by atoms with Crippen molar-refractivity contribution < 1.29 is 4.79 Å². The third-order valence-electron chi connectivity index (χ3n) is 4.05. The van der Waals surface area contributed by atoms with Crippen molar-refractivity contribution in [2.24, 2.45) is 5.41 Å². The van der Waals surface area contributed by atoms with Crippen molar-refractivity contribution in [1.29, 1.82) is 0 Å². The quantitative estimate of drug-likeness (QED) is 0.855. The van der Waals surface area contributed by atoms with Gasteiger partial charge in [0, 0.05) is 6.54 Å². The third-order valence-corrected chi connectivity index (χ3v) is 4.05. The number of rotatable bonds is 4. The van der Waals surface area contributed by atoms with Crippen LogP contribution in [0.25, 0.3) is 0 Å². The molecule has 0 radical (unpaired) electrons. The van der Waals surface area contributed by atoms with Crippen LogP contribution in [0.1, 0.15) is 38.3 Å². The van der Waals surface area contributed by atoms with Crippen molar-refractivity contribution in [3.8, 4) is 0 Å². The first-order valence-electron chi connectivity index (χ1n) is 6.74. The molecular weight excluding hydrogens is 224 g/mol. The zero-order chi connectivity index (χ0) is 13.0. The van der Waals surface area contributed by atoms with Crippen LogP contribution < -0.4 is 10.6 Å². The highest BCUT2D eigenvalue weighted by Crippen LogP contribution is 2.30. The van der Waals surface area contributed by atoms with E-state index >= 15 is 0 Å². The number of hydrogen-bond acceptors (Lipinski definition) is 2. The Hall–Kier alpha value is -1.35. The predicted octanol–water partition coefficient (Wildman–Crippen LogP) is 2.25. The highest BCUT2D eigenvalue weighted by molar-refractivity contribution is 5.83. The third kappa shape index (κ3) is 2.56. The number of amides is 1. The molecule has 2 N–H and O–H groups in total. The van der Waals surface area contributed by atoms with E-state index in [4.69, 9.17) is 0 Å². The molecule has 0 aliphatic carbocycles. The van der Waals surface area contributed by atoms with E-state index in [2.05, 4.69) is 29.7 Å². The molecule has 2 rings (SSSR count). The molecule has 1 aromatic carbocycles. The van der Waals surface area contributed by atoms with E-state index in [0.29, 0.717) is 0 Å². The van der Waals surface area contributed by atoms with Gasteiger partial charge in [-0.3, -0.25) is 4.79 Å². The van der Waals surface area contributed by atoms with Crippen LogP contribution in [-0.4, -0.2) is 19.0 Å². The molecule has 1 amide bonds. The second kappa shape index (κ2) is 5.53. The van der Waals surface area contributed by atoms with Gasteiger partial charge in [0.1, 0.15) is 0 Å². The summed E-state index contributed by atoms with van der Waals surface area (Å²) in [5, 5.41) is 6.45. The Morgan fingerprint density at radius 3 is 2.72 bits per heavy atom. The maximum Gasteiger partial charge on any atom is 0.228 e. The number of benzene rings is 1.